The van der Waals surface area contributed by atoms with Crippen LogP contribution in [0.15, 0.2) is 30.3 Å². The number of alkyl halides is 7. The molecule has 0 heterocycles. The van der Waals surface area contributed by atoms with E-state index in [-0.39, 0.29) is 5.56 Å². The van der Waals surface area contributed by atoms with Gasteiger partial charge in [-0.3, -0.25) is 0 Å². The Kier molecular flexibility index (Phi) is 4.58. The Morgan fingerprint density at radius 1 is 1.00 bits per heavy atom. The third kappa shape index (κ3) is 3.17. The fourth-order valence-corrected chi connectivity index (χ4v) is 1.27. The molecule has 0 saturated heterocycles. The molecular weight excluding hydrogens is 314 g/mol. The van der Waals surface area contributed by atoms with E-state index in [1.54, 1.807) is 6.07 Å². The minimum atomic E-state index is -6.03. The molecule has 0 bridgehead atoms. The number of benzene rings is 1. The van der Waals surface area contributed by atoms with Gasteiger partial charge in [0.25, 0.3) is 0 Å². The fourth-order valence-electron chi connectivity index (χ4n) is 1.21. The van der Waals surface area contributed by atoms with Crippen molar-refractivity contribution in [3.63, 3.8) is 0 Å². The van der Waals surface area contributed by atoms with Crippen molar-refractivity contribution in [3.8, 4) is 0 Å². The van der Waals surface area contributed by atoms with Gasteiger partial charge in [0.1, 0.15) is 6.61 Å². The minimum absolute atomic E-state index is 0.226. The molecule has 0 amide bonds. The van der Waals surface area contributed by atoms with Crippen molar-refractivity contribution in [2.24, 2.45) is 0 Å². The molecule has 0 atom stereocenters. The van der Waals surface area contributed by atoms with Crippen molar-refractivity contribution >= 4 is 17.6 Å². The molecule has 0 unspecified atom stereocenters. The molecule has 20 heavy (non-hydrogen) atoms. The summed E-state index contributed by atoms with van der Waals surface area (Å²) in [6, 6.07) is 7.26. The number of carbonyl (C=O) groups excluding carboxylic acids is 1. The van der Waals surface area contributed by atoms with Gasteiger partial charge in [0.05, 0.1) is 0 Å². The minimum Gasteiger partial charge on any atom is -0.459 e. The Labute approximate surface area is 114 Å². The lowest BCUT2D eigenvalue weighted by atomic mass is 10.1. The van der Waals surface area contributed by atoms with Crippen LogP contribution in [-0.4, -0.2) is 23.2 Å². The summed E-state index contributed by atoms with van der Waals surface area (Å²) in [6.07, 6.45) is -12.1. The second-order valence-electron chi connectivity index (χ2n) is 3.72. The zero-order valence-corrected chi connectivity index (χ0v) is 10.3. The van der Waals surface area contributed by atoms with Crippen molar-refractivity contribution in [1.82, 2.24) is 0 Å². The summed E-state index contributed by atoms with van der Waals surface area (Å²) in [6.45, 7) is -0.750. The van der Waals surface area contributed by atoms with Crippen molar-refractivity contribution in [1.29, 1.82) is 0 Å². The van der Waals surface area contributed by atoms with Gasteiger partial charge >= 0.3 is 23.2 Å². The molecule has 2 nitrogen and oxygen atoms in total. The quantitative estimate of drug-likeness (QED) is 0.480. The van der Waals surface area contributed by atoms with Crippen molar-refractivity contribution < 1.29 is 35.9 Å². The van der Waals surface area contributed by atoms with Gasteiger partial charge in [-0.25, -0.2) is 4.79 Å². The third-order valence-corrected chi connectivity index (χ3v) is 2.86. The monoisotopic (exact) mass is 320 g/mol. The van der Waals surface area contributed by atoms with E-state index in [4.69, 9.17) is 0 Å². The van der Waals surface area contributed by atoms with Gasteiger partial charge in [0, 0.05) is 0 Å². The molecular formula is C11H7ClF6O2. The number of rotatable bonds is 3. The first-order chi connectivity index (χ1) is 9.00. The summed E-state index contributed by atoms with van der Waals surface area (Å²) in [5, 5.41) is 0. The Morgan fingerprint density at radius 2 is 1.45 bits per heavy atom. The van der Waals surface area contributed by atoms with Crippen LogP contribution in [0.1, 0.15) is 5.56 Å². The summed E-state index contributed by atoms with van der Waals surface area (Å²) in [4.78, 5) is 6.06. The number of halogens is 7. The van der Waals surface area contributed by atoms with Crippen molar-refractivity contribution in [2.45, 2.75) is 23.8 Å². The first-order valence-electron chi connectivity index (χ1n) is 5.03. The van der Waals surface area contributed by atoms with Crippen LogP contribution < -0.4 is 0 Å². The van der Waals surface area contributed by atoms with E-state index in [9.17, 15) is 31.1 Å². The number of ether oxygens (including phenoxy) is 1. The third-order valence-electron chi connectivity index (χ3n) is 2.28. The SMILES string of the molecule is O=C(OCc1ccccc1)C(Cl)(C(F)(F)F)C(F)(F)F. The van der Waals surface area contributed by atoms with Gasteiger partial charge in [0.2, 0.25) is 0 Å². The maximum atomic E-state index is 12.4. The highest BCUT2D eigenvalue weighted by Crippen LogP contribution is 2.48. The van der Waals surface area contributed by atoms with Crippen LogP contribution in [0.3, 0.4) is 0 Å². The number of hydrogen-bond donors (Lipinski definition) is 0. The molecule has 0 saturated carbocycles. The van der Waals surface area contributed by atoms with Crippen LogP contribution in [-0.2, 0) is 16.1 Å². The van der Waals surface area contributed by atoms with Gasteiger partial charge in [-0.2, -0.15) is 26.3 Å². The molecule has 0 aromatic heterocycles. The summed E-state index contributed by atoms with van der Waals surface area (Å²) in [7, 11) is 0. The molecule has 1 rings (SSSR count). The second kappa shape index (κ2) is 5.51. The van der Waals surface area contributed by atoms with Gasteiger partial charge in [-0.15, -0.1) is 0 Å². The molecule has 112 valence electrons. The molecule has 0 fully saturated rings. The highest BCUT2D eigenvalue weighted by molar-refractivity contribution is 6.35. The Bertz CT molecular complexity index is 454. The smallest absolute Gasteiger partial charge is 0.427 e. The van der Waals surface area contributed by atoms with E-state index in [0.717, 1.165) is 0 Å². The predicted octanol–water partition coefficient (Wildman–Crippen LogP) is 3.83. The lowest BCUT2D eigenvalue weighted by Gasteiger charge is -2.29. The van der Waals surface area contributed by atoms with Crippen LogP contribution in [0.4, 0.5) is 26.3 Å². The lowest BCUT2D eigenvalue weighted by Crippen LogP contribution is -2.58. The van der Waals surface area contributed by atoms with E-state index in [1.807, 2.05) is 0 Å². The van der Waals surface area contributed by atoms with Crippen LogP contribution in [0.2, 0.25) is 0 Å². The zero-order valence-electron chi connectivity index (χ0n) is 9.56. The van der Waals surface area contributed by atoms with Gasteiger partial charge < -0.3 is 4.74 Å². The van der Waals surface area contributed by atoms with E-state index >= 15 is 0 Å². The standard InChI is InChI=1S/C11H7ClF6O2/c12-9(10(13,14)15,11(16,17)18)8(19)20-6-7-4-2-1-3-5-7/h1-5H,6H2. The predicted molar refractivity (Wildman–Crippen MR) is 56.9 cm³/mol. The van der Waals surface area contributed by atoms with E-state index in [2.05, 4.69) is 16.3 Å². The molecule has 1 aromatic carbocycles. The first-order valence-corrected chi connectivity index (χ1v) is 5.41. The summed E-state index contributed by atoms with van der Waals surface area (Å²) in [5.41, 5.74) is 0.226. The normalized spacial score (nSPS) is 13.2. The number of esters is 1. The van der Waals surface area contributed by atoms with E-state index in [0.29, 0.717) is 0 Å². The average Bonchev–Trinajstić information content (AvgIpc) is 2.33. The molecule has 9 heteroatoms. The summed E-state index contributed by atoms with van der Waals surface area (Å²) < 4.78 is 78.6. The van der Waals surface area contributed by atoms with Gasteiger partial charge in [0.15, 0.2) is 0 Å². The first kappa shape index (κ1) is 16.6. The maximum Gasteiger partial charge on any atom is 0.427 e. The Hall–Kier alpha value is -1.44. The molecule has 0 aliphatic rings. The zero-order chi connectivity index (χ0) is 15.6. The van der Waals surface area contributed by atoms with Crippen LogP contribution in [0.5, 0.6) is 0 Å². The molecule has 0 aliphatic carbocycles. The molecule has 1 aromatic rings. The Morgan fingerprint density at radius 3 is 1.85 bits per heavy atom. The average molecular weight is 321 g/mol. The van der Waals surface area contributed by atoms with E-state index < -0.39 is 29.8 Å². The molecule has 0 radical (unpaired) electrons. The van der Waals surface area contributed by atoms with Gasteiger partial charge in [-0.05, 0) is 5.56 Å². The second-order valence-corrected chi connectivity index (χ2v) is 4.28. The molecule has 0 N–H and O–H groups in total. The van der Waals surface area contributed by atoms with E-state index in [1.165, 1.54) is 24.3 Å². The van der Waals surface area contributed by atoms with Crippen LogP contribution in [0.25, 0.3) is 0 Å². The lowest BCUT2D eigenvalue weighted by molar-refractivity contribution is -0.268. The Balaban J connectivity index is 2.92. The topological polar surface area (TPSA) is 26.3 Å². The number of carbonyl (C=O) groups is 1. The van der Waals surface area contributed by atoms with Crippen molar-refractivity contribution in [3.05, 3.63) is 35.9 Å². The largest absolute Gasteiger partial charge is 0.459 e. The maximum absolute atomic E-state index is 12.4. The fraction of sp³-hybridized carbons (Fsp3) is 0.364. The van der Waals surface area contributed by atoms with Crippen LogP contribution in [0, 0.1) is 0 Å². The molecule has 0 aliphatic heterocycles. The highest BCUT2D eigenvalue weighted by atomic mass is 35.5. The highest BCUT2D eigenvalue weighted by Gasteiger charge is 2.76. The van der Waals surface area contributed by atoms with Crippen LogP contribution >= 0.6 is 11.6 Å². The summed E-state index contributed by atoms with van der Waals surface area (Å²) >= 11 is 4.48. The van der Waals surface area contributed by atoms with Crippen molar-refractivity contribution in [2.75, 3.05) is 0 Å². The van der Waals surface area contributed by atoms with Gasteiger partial charge in [-0.1, -0.05) is 41.9 Å². The molecule has 0 spiro atoms. The summed E-state index contributed by atoms with van der Waals surface area (Å²) in [5.74, 6) is -2.61. The number of hydrogen-bond acceptors (Lipinski definition) is 2.